The molecule has 1 aliphatic heterocycles. The van der Waals surface area contributed by atoms with Gasteiger partial charge >= 0.3 is 0 Å². The van der Waals surface area contributed by atoms with Gasteiger partial charge in [-0.25, -0.2) is 0 Å². The molecular formula is C22H18ClNO3S. The molecule has 0 radical (unpaired) electrons. The predicted molar refractivity (Wildman–Crippen MR) is 111 cm³/mol. The highest BCUT2D eigenvalue weighted by atomic mass is 35.5. The fraction of sp³-hybridized carbons (Fsp3) is 0.182. The Kier molecular flexibility index (Phi) is 4.83. The van der Waals surface area contributed by atoms with E-state index in [9.17, 15) is 14.7 Å². The lowest BCUT2D eigenvalue weighted by atomic mass is 9.89. The maximum atomic E-state index is 13.3. The maximum Gasteiger partial charge on any atom is 0.264 e. The molecule has 0 saturated heterocycles. The number of ketones is 1. The number of carbonyl (C=O) groups excluding carboxylic acids is 2. The smallest absolute Gasteiger partial charge is 0.264 e. The van der Waals surface area contributed by atoms with E-state index in [4.69, 9.17) is 11.6 Å². The Balaban J connectivity index is 1.74. The molecule has 1 amide bonds. The zero-order valence-corrected chi connectivity index (χ0v) is 16.8. The van der Waals surface area contributed by atoms with Crippen molar-refractivity contribution in [2.45, 2.75) is 25.5 Å². The van der Waals surface area contributed by atoms with Crippen LogP contribution in [0.1, 0.15) is 32.8 Å². The van der Waals surface area contributed by atoms with E-state index in [1.165, 1.54) is 16.2 Å². The zero-order chi connectivity index (χ0) is 19.9. The molecule has 4 nitrogen and oxygen atoms in total. The van der Waals surface area contributed by atoms with E-state index in [-0.39, 0.29) is 12.2 Å². The number of fused-ring (bicyclic) bond motifs is 1. The van der Waals surface area contributed by atoms with Crippen molar-refractivity contribution in [3.8, 4) is 0 Å². The van der Waals surface area contributed by atoms with Gasteiger partial charge < -0.3 is 10.0 Å². The number of carbonyl (C=O) groups is 2. The lowest BCUT2D eigenvalue weighted by Crippen LogP contribution is -2.41. The topological polar surface area (TPSA) is 57.6 Å². The number of nitrogens with zero attached hydrogens (tertiary/aromatic N) is 1. The van der Waals surface area contributed by atoms with Crippen molar-refractivity contribution >= 4 is 40.3 Å². The van der Waals surface area contributed by atoms with Crippen LogP contribution in [0.4, 0.5) is 5.69 Å². The summed E-state index contributed by atoms with van der Waals surface area (Å²) >= 11 is 7.44. The first kappa shape index (κ1) is 18.9. The molecule has 0 saturated carbocycles. The van der Waals surface area contributed by atoms with Gasteiger partial charge in [-0.3, -0.25) is 9.59 Å². The molecule has 0 fully saturated rings. The quantitative estimate of drug-likeness (QED) is 0.618. The third kappa shape index (κ3) is 3.15. The number of aliphatic hydroxyl groups is 1. The molecule has 3 aromatic rings. The number of benzene rings is 2. The third-order valence-electron chi connectivity index (χ3n) is 5.10. The number of hydrogen-bond donors (Lipinski definition) is 1. The van der Waals surface area contributed by atoms with Crippen LogP contribution in [0, 0.1) is 6.92 Å². The second kappa shape index (κ2) is 7.17. The van der Waals surface area contributed by atoms with Gasteiger partial charge in [0.1, 0.15) is 0 Å². The largest absolute Gasteiger partial charge is 0.375 e. The van der Waals surface area contributed by atoms with Gasteiger partial charge in [0.15, 0.2) is 11.4 Å². The molecular weight excluding hydrogens is 394 g/mol. The molecule has 2 aromatic carbocycles. The molecule has 0 bridgehead atoms. The first-order valence-electron chi connectivity index (χ1n) is 8.86. The monoisotopic (exact) mass is 411 g/mol. The van der Waals surface area contributed by atoms with E-state index in [2.05, 4.69) is 0 Å². The van der Waals surface area contributed by atoms with Gasteiger partial charge in [0, 0.05) is 10.6 Å². The SMILES string of the molecule is Cc1ccccc1CN1C(=O)[C@](O)(CC(=O)c2cccs2)c2cc(Cl)ccc21. The molecule has 1 N–H and O–H groups in total. The minimum Gasteiger partial charge on any atom is -0.375 e. The number of rotatable bonds is 5. The molecule has 142 valence electrons. The molecule has 2 heterocycles. The van der Waals surface area contributed by atoms with Gasteiger partial charge in [-0.05, 0) is 47.7 Å². The van der Waals surface area contributed by atoms with Crippen LogP contribution in [0.3, 0.4) is 0 Å². The Labute approximate surface area is 172 Å². The summed E-state index contributed by atoms with van der Waals surface area (Å²) in [7, 11) is 0. The Morgan fingerprint density at radius 3 is 2.68 bits per heavy atom. The van der Waals surface area contributed by atoms with Crippen molar-refractivity contribution < 1.29 is 14.7 Å². The van der Waals surface area contributed by atoms with Crippen molar-refractivity contribution in [3.05, 3.63) is 86.6 Å². The van der Waals surface area contributed by atoms with Gasteiger partial charge in [-0.1, -0.05) is 41.9 Å². The van der Waals surface area contributed by atoms with E-state index >= 15 is 0 Å². The number of hydrogen-bond acceptors (Lipinski definition) is 4. The minimum atomic E-state index is -1.93. The summed E-state index contributed by atoms with van der Waals surface area (Å²) in [6, 6.07) is 16.2. The molecule has 1 aromatic heterocycles. The third-order valence-corrected chi connectivity index (χ3v) is 6.24. The van der Waals surface area contributed by atoms with Crippen LogP contribution in [0.25, 0.3) is 0 Å². The molecule has 0 unspecified atom stereocenters. The summed E-state index contributed by atoms with van der Waals surface area (Å²) in [6.45, 7) is 2.29. The van der Waals surface area contributed by atoms with Gasteiger partial charge in [-0.2, -0.15) is 0 Å². The average Bonchev–Trinajstić information content (AvgIpc) is 3.27. The summed E-state index contributed by atoms with van der Waals surface area (Å²) in [5.74, 6) is -0.771. The second-order valence-corrected chi connectivity index (χ2v) is 8.30. The number of anilines is 1. The van der Waals surface area contributed by atoms with Crippen molar-refractivity contribution in [3.63, 3.8) is 0 Å². The molecule has 0 spiro atoms. The Bertz CT molecular complexity index is 1060. The van der Waals surface area contributed by atoms with Crippen LogP contribution in [0.2, 0.25) is 5.02 Å². The Morgan fingerprint density at radius 1 is 1.18 bits per heavy atom. The van der Waals surface area contributed by atoms with Crippen molar-refractivity contribution in [2.24, 2.45) is 0 Å². The highest BCUT2D eigenvalue weighted by Crippen LogP contribution is 2.45. The van der Waals surface area contributed by atoms with E-state index in [1.807, 2.05) is 31.2 Å². The summed E-state index contributed by atoms with van der Waals surface area (Å²) in [6.07, 6.45) is -0.316. The lowest BCUT2D eigenvalue weighted by molar-refractivity contribution is -0.136. The van der Waals surface area contributed by atoms with Gasteiger partial charge in [0.2, 0.25) is 0 Å². The van der Waals surface area contributed by atoms with Gasteiger partial charge in [0.25, 0.3) is 5.91 Å². The number of aryl methyl sites for hydroxylation is 1. The first-order valence-corrected chi connectivity index (χ1v) is 10.1. The highest BCUT2D eigenvalue weighted by Gasteiger charge is 2.51. The van der Waals surface area contributed by atoms with Crippen molar-refractivity contribution in [1.29, 1.82) is 0 Å². The number of thiophene rings is 1. The molecule has 4 rings (SSSR count). The van der Waals surface area contributed by atoms with Crippen LogP contribution in [0.15, 0.2) is 60.0 Å². The summed E-state index contributed by atoms with van der Waals surface area (Å²) in [4.78, 5) is 28.0. The van der Waals surface area contributed by atoms with Crippen LogP contribution in [-0.2, 0) is 16.9 Å². The fourth-order valence-corrected chi connectivity index (χ4v) is 4.40. The average molecular weight is 412 g/mol. The lowest BCUT2D eigenvalue weighted by Gasteiger charge is -2.23. The fourth-order valence-electron chi connectivity index (χ4n) is 3.57. The predicted octanol–water partition coefficient (Wildman–Crippen LogP) is 4.72. The van der Waals surface area contributed by atoms with E-state index in [0.29, 0.717) is 27.7 Å². The molecule has 0 aliphatic carbocycles. The zero-order valence-electron chi connectivity index (χ0n) is 15.2. The highest BCUT2D eigenvalue weighted by molar-refractivity contribution is 7.12. The molecule has 1 aliphatic rings. The normalized spacial score (nSPS) is 18.4. The standard InChI is InChI=1S/C22H18ClNO3S/c1-14-5-2-3-6-15(14)13-24-18-9-8-16(23)11-17(18)22(27,21(24)26)12-19(25)20-7-4-10-28-20/h2-11,27H,12-13H2,1H3/t22-/m0/s1. The van der Waals surface area contributed by atoms with Crippen molar-refractivity contribution in [1.82, 2.24) is 0 Å². The van der Waals surface area contributed by atoms with Crippen LogP contribution < -0.4 is 4.90 Å². The first-order chi connectivity index (χ1) is 13.4. The van der Waals surface area contributed by atoms with E-state index in [0.717, 1.165) is 11.1 Å². The number of Topliss-reactive ketones (excluding diaryl/α,β-unsaturated/α-hetero) is 1. The Hall–Kier alpha value is -2.47. The van der Waals surface area contributed by atoms with Crippen LogP contribution in [0.5, 0.6) is 0 Å². The van der Waals surface area contributed by atoms with E-state index < -0.39 is 11.5 Å². The summed E-state index contributed by atoms with van der Waals surface area (Å²) < 4.78 is 0. The molecule has 28 heavy (non-hydrogen) atoms. The van der Waals surface area contributed by atoms with Gasteiger partial charge in [0.05, 0.1) is 23.5 Å². The van der Waals surface area contributed by atoms with Crippen molar-refractivity contribution in [2.75, 3.05) is 4.90 Å². The summed E-state index contributed by atoms with van der Waals surface area (Å²) in [5.41, 5.74) is 1.06. The second-order valence-electron chi connectivity index (χ2n) is 6.92. The molecule has 1 atom stereocenters. The maximum absolute atomic E-state index is 13.3. The molecule has 6 heteroatoms. The van der Waals surface area contributed by atoms with Crippen LogP contribution >= 0.6 is 22.9 Å². The summed E-state index contributed by atoms with van der Waals surface area (Å²) in [5, 5.41) is 13.6. The number of halogens is 1. The van der Waals surface area contributed by atoms with E-state index in [1.54, 1.807) is 35.7 Å². The Morgan fingerprint density at radius 2 is 1.96 bits per heavy atom. The van der Waals surface area contributed by atoms with Gasteiger partial charge in [-0.15, -0.1) is 11.3 Å². The number of amides is 1. The minimum absolute atomic E-state index is 0.269. The van der Waals surface area contributed by atoms with Crippen LogP contribution in [-0.4, -0.2) is 16.8 Å².